The van der Waals surface area contributed by atoms with Crippen LogP contribution in [0.4, 0.5) is 10.3 Å². The van der Waals surface area contributed by atoms with E-state index in [-0.39, 0.29) is 17.6 Å². The summed E-state index contributed by atoms with van der Waals surface area (Å²) in [5.41, 5.74) is 2.63. The predicted molar refractivity (Wildman–Crippen MR) is 122 cm³/mol. The molecule has 1 amide bonds. The highest BCUT2D eigenvalue weighted by Gasteiger charge is 2.27. The number of piperidine rings is 1. The van der Waals surface area contributed by atoms with Gasteiger partial charge in [0.25, 0.3) is 0 Å². The lowest BCUT2D eigenvalue weighted by Gasteiger charge is -2.34. The molecule has 8 heteroatoms. The third-order valence-corrected chi connectivity index (χ3v) is 6.24. The Bertz CT molecular complexity index is 932. The SMILES string of the molecule is CN(C)c1ncc(-c2cccc(F)c2)c([C@H]2CCCN(CCC(=O)N3CCOCC3)C2)n1. The van der Waals surface area contributed by atoms with Crippen LogP contribution in [0.25, 0.3) is 11.1 Å². The van der Waals surface area contributed by atoms with Crippen molar-refractivity contribution in [2.45, 2.75) is 25.2 Å². The van der Waals surface area contributed by atoms with Crippen molar-refractivity contribution in [2.24, 2.45) is 0 Å². The van der Waals surface area contributed by atoms with Gasteiger partial charge in [-0.1, -0.05) is 12.1 Å². The minimum atomic E-state index is -0.267. The zero-order valence-corrected chi connectivity index (χ0v) is 19.0. The zero-order valence-electron chi connectivity index (χ0n) is 19.0. The molecule has 2 saturated heterocycles. The molecule has 2 aromatic rings. The number of halogens is 1. The molecule has 1 aromatic heterocycles. The monoisotopic (exact) mass is 441 g/mol. The van der Waals surface area contributed by atoms with Gasteiger partial charge in [-0.3, -0.25) is 4.79 Å². The van der Waals surface area contributed by atoms with E-state index < -0.39 is 0 Å². The van der Waals surface area contributed by atoms with E-state index in [9.17, 15) is 9.18 Å². The maximum Gasteiger partial charge on any atom is 0.225 e. The number of aromatic nitrogens is 2. The number of ether oxygens (including phenoxy) is 1. The summed E-state index contributed by atoms with van der Waals surface area (Å²) in [6, 6.07) is 6.62. The molecule has 2 fully saturated rings. The average molecular weight is 442 g/mol. The van der Waals surface area contributed by atoms with Crippen molar-refractivity contribution in [3.05, 3.63) is 42.0 Å². The summed E-state index contributed by atoms with van der Waals surface area (Å²) in [4.78, 5) is 28.1. The molecule has 2 aliphatic rings. The first-order chi connectivity index (χ1) is 15.5. The van der Waals surface area contributed by atoms with Crippen LogP contribution in [-0.2, 0) is 9.53 Å². The molecule has 4 rings (SSSR count). The van der Waals surface area contributed by atoms with Gasteiger partial charge in [-0.05, 0) is 37.1 Å². The fraction of sp³-hybridized carbons (Fsp3) is 0.542. The van der Waals surface area contributed by atoms with Crippen molar-refractivity contribution in [3.63, 3.8) is 0 Å². The summed E-state index contributed by atoms with van der Waals surface area (Å²) in [7, 11) is 3.84. The van der Waals surface area contributed by atoms with Crippen molar-refractivity contribution in [3.8, 4) is 11.1 Å². The van der Waals surface area contributed by atoms with E-state index in [0.29, 0.717) is 38.7 Å². The van der Waals surface area contributed by atoms with Gasteiger partial charge in [-0.15, -0.1) is 0 Å². The standard InChI is InChI=1S/C24H32FN5O2/c1-28(2)24-26-16-21(18-5-3-7-20(25)15-18)23(27-24)19-6-4-9-29(17-19)10-8-22(31)30-11-13-32-14-12-30/h3,5,7,15-16,19H,4,6,8-14,17H2,1-2H3/t19-/m0/s1. The topological polar surface area (TPSA) is 61.8 Å². The van der Waals surface area contributed by atoms with Crippen LogP contribution in [0, 0.1) is 5.82 Å². The van der Waals surface area contributed by atoms with Crippen LogP contribution in [0.15, 0.2) is 30.5 Å². The fourth-order valence-corrected chi connectivity index (χ4v) is 4.50. The molecule has 0 radical (unpaired) electrons. The first-order valence-electron chi connectivity index (χ1n) is 11.4. The maximum absolute atomic E-state index is 13.9. The molecule has 0 N–H and O–H groups in total. The van der Waals surface area contributed by atoms with E-state index in [1.807, 2.05) is 36.2 Å². The van der Waals surface area contributed by atoms with Crippen LogP contribution in [0.1, 0.15) is 30.9 Å². The van der Waals surface area contributed by atoms with Crippen LogP contribution in [-0.4, -0.2) is 85.7 Å². The molecule has 0 unspecified atom stereocenters. The minimum Gasteiger partial charge on any atom is -0.378 e. The molecule has 1 aromatic carbocycles. The van der Waals surface area contributed by atoms with Crippen molar-refractivity contribution in [1.29, 1.82) is 0 Å². The van der Waals surface area contributed by atoms with E-state index in [2.05, 4.69) is 9.88 Å². The normalized spacial score (nSPS) is 19.7. The molecule has 0 spiro atoms. The number of hydrogen-bond donors (Lipinski definition) is 0. The summed E-state index contributed by atoms with van der Waals surface area (Å²) in [6.45, 7) is 5.19. The Morgan fingerprint density at radius 3 is 2.81 bits per heavy atom. The number of anilines is 1. The maximum atomic E-state index is 13.9. The zero-order chi connectivity index (χ0) is 22.5. The highest BCUT2D eigenvalue weighted by Crippen LogP contribution is 2.34. The van der Waals surface area contributed by atoms with Crippen LogP contribution >= 0.6 is 0 Å². The van der Waals surface area contributed by atoms with E-state index in [1.165, 1.54) is 6.07 Å². The second kappa shape index (κ2) is 10.4. The van der Waals surface area contributed by atoms with E-state index in [4.69, 9.17) is 9.72 Å². The second-order valence-corrected chi connectivity index (χ2v) is 8.76. The number of carbonyl (C=O) groups is 1. The molecule has 172 valence electrons. The molecule has 0 bridgehead atoms. The summed E-state index contributed by atoms with van der Waals surface area (Å²) >= 11 is 0. The van der Waals surface area contributed by atoms with Gasteiger partial charge in [0, 0.05) is 64.4 Å². The van der Waals surface area contributed by atoms with Gasteiger partial charge < -0.3 is 19.4 Å². The Kier molecular flexibility index (Phi) is 7.32. The third kappa shape index (κ3) is 5.42. The summed E-state index contributed by atoms with van der Waals surface area (Å²) in [5.74, 6) is 0.798. The largest absolute Gasteiger partial charge is 0.378 e. The number of benzene rings is 1. The lowest BCUT2D eigenvalue weighted by atomic mass is 9.90. The quantitative estimate of drug-likeness (QED) is 0.687. The fourth-order valence-electron chi connectivity index (χ4n) is 4.50. The summed E-state index contributed by atoms with van der Waals surface area (Å²) < 4.78 is 19.3. The number of carbonyl (C=O) groups excluding carboxylic acids is 1. The number of hydrogen-bond acceptors (Lipinski definition) is 6. The number of rotatable bonds is 6. The molecule has 2 aliphatic heterocycles. The van der Waals surface area contributed by atoms with E-state index >= 15 is 0 Å². The van der Waals surface area contributed by atoms with E-state index in [0.717, 1.165) is 49.3 Å². The lowest BCUT2D eigenvalue weighted by Crippen LogP contribution is -2.43. The first-order valence-corrected chi connectivity index (χ1v) is 11.4. The molecule has 0 aliphatic carbocycles. The number of amides is 1. The third-order valence-electron chi connectivity index (χ3n) is 6.24. The van der Waals surface area contributed by atoms with Crippen molar-refractivity contribution in [1.82, 2.24) is 19.8 Å². The van der Waals surface area contributed by atoms with Gasteiger partial charge in [-0.25, -0.2) is 14.4 Å². The minimum absolute atomic E-state index is 0.202. The Hall–Kier alpha value is -2.58. The van der Waals surface area contributed by atoms with Crippen molar-refractivity contribution >= 4 is 11.9 Å². The molecular weight excluding hydrogens is 409 g/mol. The number of likely N-dealkylation sites (tertiary alicyclic amines) is 1. The Labute approximate surface area is 189 Å². The Balaban J connectivity index is 1.50. The highest BCUT2D eigenvalue weighted by molar-refractivity contribution is 5.76. The molecular formula is C24H32FN5O2. The first kappa shape index (κ1) is 22.6. The number of nitrogens with zero attached hydrogens (tertiary/aromatic N) is 5. The molecule has 32 heavy (non-hydrogen) atoms. The van der Waals surface area contributed by atoms with Gasteiger partial charge in [0.1, 0.15) is 5.82 Å². The summed E-state index contributed by atoms with van der Waals surface area (Å²) in [6.07, 6.45) is 4.39. The van der Waals surface area contributed by atoms with Gasteiger partial charge in [0.05, 0.1) is 18.9 Å². The van der Waals surface area contributed by atoms with Crippen molar-refractivity contribution in [2.75, 3.05) is 64.9 Å². The van der Waals surface area contributed by atoms with Crippen LogP contribution in [0.3, 0.4) is 0 Å². The van der Waals surface area contributed by atoms with Gasteiger partial charge in [0.2, 0.25) is 11.9 Å². The molecule has 3 heterocycles. The Morgan fingerprint density at radius 2 is 2.06 bits per heavy atom. The second-order valence-electron chi connectivity index (χ2n) is 8.76. The van der Waals surface area contributed by atoms with Crippen LogP contribution in [0.5, 0.6) is 0 Å². The smallest absolute Gasteiger partial charge is 0.225 e. The van der Waals surface area contributed by atoms with Crippen LogP contribution in [0.2, 0.25) is 0 Å². The highest BCUT2D eigenvalue weighted by atomic mass is 19.1. The summed E-state index contributed by atoms with van der Waals surface area (Å²) in [5, 5.41) is 0. The van der Waals surface area contributed by atoms with Gasteiger partial charge in [0.15, 0.2) is 0 Å². The molecule has 7 nitrogen and oxygen atoms in total. The van der Waals surface area contributed by atoms with Crippen LogP contribution < -0.4 is 4.90 Å². The predicted octanol–water partition coefficient (Wildman–Crippen LogP) is 2.78. The molecule has 1 atom stereocenters. The van der Waals surface area contributed by atoms with Gasteiger partial charge in [-0.2, -0.15) is 0 Å². The average Bonchev–Trinajstić information content (AvgIpc) is 2.83. The van der Waals surface area contributed by atoms with Crippen molar-refractivity contribution < 1.29 is 13.9 Å². The lowest BCUT2D eigenvalue weighted by molar-refractivity contribution is -0.135. The van der Waals surface area contributed by atoms with E-state index in [1.54, 1.807) is 12.1 Å². The Morgan fingerprint density at radius 1 is 1.25 bits per heavy atom. The molecule has 0 saturated carbocycles. The van der Waals surface area contributed by atoms with Gasteiger partial charge >= 0.3 is 0 Å². The number of morpholine rings is 1.